The average molecular weight is 405 g/mol. The summed E-state index contributed by atoms with van der Waals surface area (Å²) in [5.41, 5.74) is 2.25. The minimum Gasteiger partial charge on any atom is -0.323 e. The van der Waals surface area contributed by atoms with E-state index >= 15 is 0 Å². The number of carbonyl (C=O) groups excluding carboxylic acids is 1. The van der Waals surface area contributed by atoms with Crippen LogP contribution in [0.1, 0.15) is 19.4 Å². The molecule has 0 bridgehead atoms. The van der Waals surface area contributed by atoms with Gasteiger partial charge in [-0.2, -0.15) is 0 Å². The predicted molar refractivity (Wildman–Crippen MR) is 107 cm³/mol. The first-order valence-corrected chi connectivity index (χ1v) is 9.66. The fraction of sp³-hybridized carbons (Fsp3) is 0.211. The highest BCUT2D eigenvalue weighted by Gasteiger charge is 2.19. The van der Waals surface area contributed by atoms with Crippen LogP contribution in [0.15, 0.2) is 47.6 Å². The smallest absolute Gasteiger partial charge is 0.237 e. The lowest BCUT2D eigenvalue weighted by Gasteiger charge is -2.10. The number of carbonyl (C=O) groups is 1. The molecule has 5 nitrogen and oxygen atoms in total. The molecule has 2 aromatic carbocycles. The lowest BCUT2D eigenvalue weighted by atomic mass is 10.1. The van der Waals surface area contributed by atoms with Gasteiger partial charge in [-0.15, -0.1) is 5.10 Å². The predicted octanol–water partition coefficient (Wildman–Crippen LogP) is 4.95. The van der Waals surface area contributed by atoms with Crippen molar-refractivity contribution >= 4 is 35.0 Å². The Kier molecular flexibility index (Phi) is 6.13. The van der Waals surface area contributed by atoms with Gasteiger partial charge in [0.15, 0.2) is 5.82 Å². The topological polar surface area (TPSA) is 70.7 Å². The van der Waals surface area contributed by atoms with Gasteiger partial charge in [-0.25, -0.2) is 9.37 Å². The van der Waals surface area contributed by atoms with Crippen molar-refractivity contribution in [3.05, 3.63) is 58.9 Å². The van der Waals surface area contributed by atoms with Crippen molar-refractivity contribution in [2.24, 2.45) is 0 Å². The standard InChI is InChI=1S/C19H18ClFN4OS/c1-3-12-4-6-13(7-5-12)17-23-19(25-24-17)27-11(2)18(26)22-16-9-8-14(20)10-15(16)21/h4-11H,3H2,1-2H3,(H,22,26)(H,23,24,25)/t11-/m0/s1. The Balaban J connectivity index is 1.64. The molecule has 1 aromatic heterocycles. The number of thioether (sulfide) groups is 1. The highest BCUT2D eigenvalue weighted by atomic mass is 35.5. The van der Waals surface area contributed by atoms with Crippen LogP contribution in [0.3, 0.4) is 0 Å². The van der Waals surface area contributed by atoms with E-state index in [4.69, 9.17) is 11.6 Å². The summed E-state index contributed by atoms with van der Waals surface area (Å²) in [7, 11) is 0. The van der Waals surface area contributed by atoms with Gasteiger partial charge in [0.05, 0.1) is 10.9 Å². The zero-order chi connectivity index (χ0) is 19.4. The Morgan fingerprint density at radius 2 is 2.04 bits per heavy atom. The summed E-state index contributed by atoms with van der Waals surface area (Å²) in [5.74, 6) is -0.292. The van der Waals surface area contributed by atoms with Crippen molar-refractivity contribution in [3.8, 4) is 11.4 Å². The molecule has 0 saturated carbocycles. The van der Waals surface area contributed by atoms with Crippen molar-refractivity contribution < 1.29 is 9.18 Å². The SMILES string of the molecule is CCc1ccc(-c2nc(S[C@@H](C)C(=O)Nc3ccc(Cl)cc3F)n[nH]2)cc1. The van der Waals surface area contributed by atoms with Crippen molar-refractivity contribution in [3.63, 3.8) is 0 Å². The molecule has 1 amide bonds. The molecule has 8 heteroatoms. The molecule has 0 fully saturated rings. The lowest BCUT2D eigenvalue weighted by molar-refractivity contribution is -0.115. The van der Waals surface area contributed by atoms with Gasteiger partial charge < -0.3 is 5.32 Å². The molecule has 3 rings (SSSR count). The fourth-order valence-corrected chi connectivity index (χ4v) is 3.25. The minimum atomic E-state index is -0.580. The van der Waals surface area contributed by atoms with Crippen LogP contribution < -0.4 is 5.32 Å². The first kappa shape index (κ1) is 19.4. The monoisotopic (exact) mass is 404 g/mol. The number of aromatic nitrogens is 3. The molecular weight excluding hydrogens is 387 g/mol. The number of amides is 1. The second-order valence-electron chi connectivity index (χ2n) is 5.89. The van der Waals surface area contributed by atoms with Crippen LogP contribution >= 0.6 is 23.4 Å². The van der Waals surface area contributed by atoms with Gasteiger partial charge in [-0.05, 0) is 37.1 Å². The van der Waals surface area contributed by atoms with Crippen LogP contribution in [0.5, 0.6) is 0 Å². The van der Waals surface area contributed by atoms with Gasteiger partial charge in [0, 0.05) is 10.6 Å². The van der Waals surface area contributed by atoms with Crippen molar-refractivity contribution in [1.82, 2.24) is 15.2 Å². The summed E-state index contributed by atoms with van der Waals surface area (Å²) in [6, 6.07) is 12.1. The molecule has 140 valence electrons. The van der Waals surface area contributed by atoms with Crippen molar-refractivity contribution in [2.45, 2.75) is 30.7 Å². The van der Waals surface area contributed by atoms with Crippen LogP contribution in [-0.4, -0.2) is 26.3 Å². The summed E-state index contributed by atoms with van der Waals surface area (Å²) in [5, 5.41) is 9.79. The highest BCUT2D eigenvalue weighted by molar-refractivity contribution is 8.00. The molecule has 3 aromatic rings. The maximum atomic E-state index is 13.8. The molecule has 0 aliphatic heterocycles. The Bertz CT molecular complexity index is 945. The number of hydrogen-bond acceptors (Lipinski definition) is 4. The third kappa shape index (κ3) is 4.87. The van der Waals surface area contributed by atoms with E-state index in [-0.39, 0.29) is 16.6 Å². The van der Waals surface area contributed by atoms with E-state index in [0.29, 0.717) is 11.0 Å². The molecule has 2 N–H and O–H groups in total. The number of anilines is 1. The van der Waals surface area contributed by atoms with Gasteiger partial charge >= 0.3 is 0 Å². The summed E-state index contributed by atoms with van der Waals surface area (Å²) >= 11 is 6.91. The quantitative estimate of drug-likeness (QED) is 0.570. The Morgan fingerprint density at radius 1 is 1.30 bits per heavy atom. The molecule has 0 aliphatic carbocycles. The largest absolute Gasteiger partial charge is 0.323 e. The third-order valence-electron chi connectivity index (χ3n) is 3.94. The third-order valence-corrected chi connectivity index (χ3v) is 5.14. The maximum Gasteiger partial charge on any atom is 0.237 e. The van der Waals surface area contributed by atoms with Gasteiger partial charge in [-0.1, -0.05) is 54.6 Å². The first-order valence-electron chi connectivity index (χ1n) is 8.40. The molecule has 0 aliphatic rings. The Morgan fingerprint density at radius 3 is 2.70 bits per heavy atom. The number of benzene rings is 2. The van der Waals surface area contributed by atoms with E-state index in [2.05, 4.69) is 27.4 Å². The van der Waals surface area contributed by atoms with E-state index in [1.165, 1.54) is 29.5 Å². The number of nitrogens with one attached hydrogen (secondary N) is 2. The van der Waals surface area contributed by atoms with Crippen molar-refractivity contribution in [2.75, 3.05) is 5.32 Å². The van der Waals surface area contributed by atoms with Crippen LogP contribution in [-0.2, 0) is 11.2 Å². The molecule has 0 unspecified atom stereocenters. The molecule has 0 spiro atoms. The second kappa shape index (κ2) is 8.54. The summed E-state index contributed by atoms with van der Waals surface area (Å²) < 4.78 is 13.8. The Hall–Kier alpha value is -2.38. The lowest BCUT2D eigenvalue weighted by Crippen LogP contribution is -2.23. The number of H-pyrrole nitrogens is 1. The molecule has 0 radical (unpaired) electrons. The number of rotatable bonds is 6. The van der Waals surface area contributed by atoms with Gasteiger partial charge in [0.25, 0.3) is 0 Å². The number of nitrogens with zero attached hydrogens (tertiary/aromatic N) is 2. The number of hydrogen-bond donors (Lipinski definition) is 2. The van der Waals surface area contributed by atoms with E-state index in [0.717, 1.165) is 18.1 Å². The molecule has 0 saturated heterocycles. The van der Waals surface area contributed by atoms with E-state index in [1.54, 1.807) is 6.92 Å². The molecule has 1 atom stereocenters. The van der Waals surface area contributed by atoms with Crippen LogP contribution in [0.2, 0.25) is 5.02 Å². The van der Waals surface area contributed by atoms with E-state index < -0.39 is 11.1 Å². The molecule has 1 heterocycles. The summed E-state index contributed by atoms with van der Waals surface area (Å²) in [4.78, 5) is 16.7. The van der Waals surface area contributed by atoms with Crippen LogP contribution in [0.25, 0.3) is 11.4 Å². The molecular formula is C19H18ClFN4OS. The van der Waals surface area contributed by atoms with Gasteiger partial charge in [0.2, 0.25) is 11.1 Å². The highest BCUT2D eigenvalue weighted by Crippen LogP contribution is 2.25. The number of aryl methyl sites for hydroxylation is 1. The number of halogens is 2. The summed E-state index contributed by atoms with van der Waals surface area (Å²) in [6.07, 6.45) is 0.971. The van der Waals surface area contributed by atoms with Gasteiger partial charge in [0.1, 0.15) is 5.82 Å². The minimum absolute atomic E-state index is 0.0866. The second-order valence-corrected chi connectivity index (χ2v) is 7.63. The maximum absolute atomic E-state index is 13.8. The fourth-order valence-electron chi connectivity index (χ4n) is 2.36. The van der Waals surface area contributed by atoms with Crippen LogP contribution in [0.4, 0.5) is 10.1 Å². The van der Waals surface area contributed by atoms with Gasteiger partial charge in [-0.3, -0.25) is 9.89 Å². The van der Waals surface area contributed by atoms with E-state index in [1.807, 2.05) is 24.3 Å². The first-order chi connectivity index (χ1) is 13.0. The number of aromatic amines is 1. The Labute approximate surface area is 165 Å². The van der Waals surface area contributed by atoms with E-state index in [9.17, 15) is 9.18 Å². The summed E-state index contributed by atoms with van der Waals surface area (Å²) in [6.45, 7) is 3.81. The zero-order valence-electron chi connectivity index (χ0n) is 14.8. The normalized spacial score (nSPS) is 12.0. The van der Waals surface area contributed by atoms with Crippen LogP contribution in [0, 0.1) is 5.82 Å². The van der Waals surface area contributed by atoms with Crippen molar-refractivity contribution in [1.29, 1.82) is 0 Å². The zero-order valence-corrected chi connectivity index (χ0v) is 16.4. The molecule has 27 heavy (non-hydrogen) atoms. The average Bonchev–Trinajstić information content (AvgIpc) is 3.12.